The van der Waals surface area contributed by atoms with Gasteiger partial charge in [-0.25, -0.2) is 18.1 Å². The molecule has 0 saturated heterocycles. The Balaban J connectivity index is 2.21. The van der Waals surface area contributed by atoms with Crippen LogP contribution in [-0.2, 0) is 23.1 Å². The summed E-state index contributed by atoms with van der Waals surface area (Å²) >= 11 is 0. The van der Waals surface area contributed by atoms with E-state index in [-0.39, 0.29) is 11.4 Å². The average Bonchev–Trinajstić information content (AvgIpc) is 2.97. The first-order valence-electron chi connectivity index (χ1n) is 5.71. The smallest absolute Gasteiger partial charge is 0.244 e. The SMILES string of the molecule is CNCc1n[nH]c(C)c1S(=O)(=O)NCc1ncc[nH]1. The molecule has 19 heavy (non-hydrogen) atoms. The molecule has 104 valence electrons. The zero-order chi connectivity index (χ0) is 13.9. The van der Waals surface area contributed by atoms with Gasteiger partial charge in [-0.2, -0.15) is 5.10 Å². The van der Waals surface area contributed by atoms with Gasteiger partial charge in [-0.15, -0.1) is 0 Å². The number of aryl methyl sites for hydroxylation is 1. The summed E-state index contributed by atoms with van der Waals surface area (Å²) in [6.45, 7) is 2.16. The van der Waals surface area contributed by atoms with Crippen LogP contribution in [0.5, 0.6) is 0 Å². The quantitative estimate of drug-likeness (QED) is 0.578. The highest BCUT2D eigenvalue weighted by Crippen LogP contribution is 2.17. The van der Waals surface area contributed by atoms with Gasteiger partial charge in [-0.05, 0) is 14.0 Å². The van der Waals surface area contributed by atoms with Crippen molar-refractivity contribution in [3.05, 3.63) is 29.6 Å². The Hall–Kier alpha value is -1.71. The van der Waals surface area contributed by atoms with Gasteiger partial charge in [0.2, 0.25) is 10.0 Å². The zero-order valence-corrected chi connectivity index (χ0v) is 11.5. The molecule has 0 unspecified atom stereocenters. The van der Waals surface area contributed by atoms with Gasteiger partial charge in [0.05, 0.1) is 17.9 Å². The maximum atomic E-state index is 12.3. The molecule has 0 radical (unpaired) electrons. The number of aromatic amines is 2. The number of hydrogen-bond acceptors (Lipinski definition) is 5. The fraction of sp³-hybridized carbons (Fsp3) is 0.400. The minimum absolute atomic E-state index is 0.110. The highest BCUT2D eigenvalue weighted by Gasteiger charge is 2.23. The first kappa shape index (κ1) is 13.7. The molecule has 0 aliphatic heterocycles. The third kappa shape index (κ3) is 3.00. The van der Waals surface area contributed by atoms with Crippen LogP contribution >= 0.6 is 0 Å². The third-order valence-corrected chi connectivity index (χ3v) is 4.16. The molecule has 8 nitrogen and oxygen atoms in total. The van der Waals surface area contributed by atoms with Gasteiger partial charge in [-0.3, -0.25) is 5.10 Å². The molecule has 4 N–H and O–H groups in total. The van der Waals surface area contributed by atoms with E-state index < -0.39 is 10.0 Å². The molecule has 0 spiro atoms. The number of rotatable bonds is 6. The van der Waals surface area contributed by atoms with Gasteiger partial charge in [-0.1, -0.05) is 0 Å². The van der Waals surface area contributed by atoms with Crippen molar-refractivity contribution in [2.75, 3.05) is 7.05 Å². The first-order valence-corrected chi connectivity index (χ1v) is 7.19. The summed E-state index contributed by atoms with van der Waals surface area (Å²) in [4.78, 5) is 6.99. The second-order valence-corrected chi connectivity index (χ2v) is 5.72. The zero-order valence-electron chi connectivity index (χ0n) is 10.7. The standard InChI is InChI=1S/C10H16N6O2S/c1-7-10(8(5-11-2)16-15-7)19(17,18)14-6-9-12-3-4-13-9/h3-4,11,14H,5-6H2,1-2H3,(H,12,13)(H,15,16). The number of hydrogen-bond donors (Lipinski definition) is 4. The van der Waals surface area contributed by atoms with Crippen molar-refractivity contribution in [2.24, 2.45) is 0 Å². The molecule has 9 heteroatoms. The van der Waals surface area contributed by atoms with Crippen LogP contribution in [0.15, 0.2) is 17.3 Å². The van der Waals surface area contributed by atoms with E-state index in [0.29, 0.717) is 23.8 Å². The first-order chi connectivity index (χ1) is 9.04. The lowest BCUT2D eigenvalue weighted by molar-refractivity contribution is 0.577. The molecule has 0 amide bonds. The molecule has 2 rings (SSSR count). The molecule has 0 aliphatic rings. The molecule has 0 atom stereocenters. The Morgan fingerprint density at radius 2 is 2.16 bits per heavy atom. The summed E-state index contributed by atoms with van der Waals surface area (Å²) in [5.74, 6) is 0.555. The fourth-order valence-corrected chi connectivity index (χ4v) is 3.09. The molecule has 0 aliphatic carbocycles. The molecule has 0 fully saturated rings. The number of aromatic nitrogens is 4. The monoisotopic (exact) mass is 284 g/mol. The lowest BCUT2D eigenvalue weighted by atomic mass is 10.4. The van der Waals surface area contributed by atoms with Gasteiger partial charge >= 0.3 is 0 Å². The van der Waals surface area contributed by atoms with E-state index in [1.807, 2.05) is 0 Å². The maximum Gasteiger partial charge on any atom is 0.244 e. The van der Waals surface area contributed by atoms with Crippen molar-refractivity contribution in [2.45, 2.75) is 24.9 Å². The highest BCUT2D eigenvalue weighted by atomic mass is 32.2. The summed E-state index contributed by atoms with van der Waals surface area (Å²) in [6, 6.07) is 0. The Kier molecular flexibility index (Phi) is 3.98. The van der Waals surface area contributed by atoms with E-state index in [4.69, 9.17) is 0 Å². The maximum absolute atomic E-state index is 12.3. The minimum atomic E-state index is -3.62. The number of H-pyrrole nitrogens is 2. The molecular formula is C10H16N6O2S. The average molecular weight is 284 g/mol. The minimum Gasteiger partial charge on any atom is -0.347 e. The lowest BCUT2D eigenvalue weighted by Gasteiger charge is -2.06. The van der Waals surface area contributed by atoms with Gasteiger partial charge < -0.3 is 10.3 Å². The Morgan fingerprint density at radius 1 is 1.37 bits per heavy atom. The molecule has 2 aromatic heterocycles. The second-order valence-electron chi connectivity index (χ2n) is 4.02. The van der Waals surface area contributed by atoms with Gasteiger partial charge in [0.1, 0.15) is 10.7 Å². The van der Waals surface area contributed by atoms with Crippen LogP contribution in [-0.4, -0.2) is 35.6 Å². The lowest BCUT2D eigenvalue weighted by Crippen LogP contribution is -2.25. The van der Waals surface area contributed by atoms with Crippen LogP contribution in [0.3, 0.4) is 0 Å². The molecule has 0 saturated carbocycles. The van der Waals surface area contributed by atoms with Crippen LogP contribution in [0.2, 0.25) is 0 Å². The van der Waals surface area contributed by atoms with Crippen molar-refractivity contribution in [3.63, 3.8) is 0 Å². The second kappa shape index (κ2) is 5.51. The van der Waals surface area contributed by atoms with E-state index in [0.717, 1.165) is 0 Å². The van der Waals surface area contributed by atoms with Gasteiger partial charge in [0, 0.05) is 18.9 Å². The number of sulfonamides is 1. The van der Waals surface area contributed by atoms with Crippen molar-refractivity contribution in [1.82, 2.24) is 30.2 Å². The van der Waals surface area contributed by atoms with E-state index in [1.54, 1.807) is 26.4 Å². The number of nitrogens with one attached hydrogen (secondary N) is 4. The third-order valence-electron chi connectivity index (χ3n) is 2.56. The van der Waals surface area contributed by atoms with Crippen LogP contribution in [0, 0.1) is 6.92 Å². The summed E-state index contributed by atoms with van der Waals surface area (Å²) < 4.78 is 27.0. The normalized spacial score (nSPS) is 11.9. The van der Waals surface area contributed by atoms with Crippen molar-refractivity contribution in [3.8, 4) is 0 Å². The van der Waals surface area contributed by atoms with Gasteiger partial charge in [0.25, 0.3) is 0 Å². The van der Waals surface area contributed by atoms with E-state index in [2.05, 4.69) is 30.2 Å². The van der Waals surface area contributed by atoms with Crippen LogP contribution < -0.4 is 10.0 Å². The van der Waals surface area contributed by atoms with Crippen LogP contribution in [0.4, 0.5) is 0 Å². The van der Waals surface area contributed by atoms with E-state index in [9.17, 15) is 8.42 Å². The predicted molar refractivity (Wildman–Crippen MR) is 68.7 cm³/mol. The molecular weight excluding hydrogens is 268 g/mol. The molecule has 2 heterocycles. The van der Waals surface area contributed by atoms with Crippen LogP contribution in [0.1, 0.15) is 17.2 Å². The Morgan fingerprint density at radius 3 is 2.79 bits per heavy atom. The highest BCUT2D eigenvalue weighted by molar-refractivity contribution is 7.89. The van der Waals surface area contributed by atoms with E-state index >= 15 is 0 Å². The van der Waals surface area contributed by atoms with Crippen molar-refractivity contribution in [1.29, 1.82) is 0 Å². The number of nitrogens with zero attached hydrogens (tertiary/aromatic N) is 2. The molecule has 2 aromatic rings. The predicted octanol–water partition coefficient (Wildman–Crippen LogP) is -0.361. The largest absolute Gasteiger partial charge is 0.347 e. The Bertz CT molecular complexity index is 631. The topological polar surface area (TPSA) is 116 Å². The molecule has 0 aromatic carbocycles. The van der Waals surface area contributed by atoms with Crippen molar-refractivity contribution < 1.29 is 8.42 Å². The summed E-state index contributed by atoms with van der Waals surface area (Å²) in [6.07, 6.45) is 3.21. The fourth-order valence-electron chi connectivity index (χ4n) is 1.74. The van der Waals surface area contributed by atoms with Crippen LogP contribution in [0.25, 0.3) is 0 Å². The Labute approximate surface area is 111 Å². The van der Waals surface area contributed by atoms with Crippen molar-refractivity contribution >= 4 is 10.0 Å². The van der Waals surface area contributed by atoms with E-state index in [1.165, 1.54) is 0 Å². The summed E-state index contributed by atoms with van der Waals surface area (Å²) in [5.41, 5.74) is 0.976. The number of imidazole rings is 1. The summed E-state index contributed by atoms with van der Waals surface area (Å²) in [5, 5.41) is 9.56. The summed E-state index contributed by atoms with van der Waals surface area (Å²) in [7, 11) is -1.89. The molecule has 0 bridgehead atoms. The van der Waals surface area contributed by atoms with Gasteiger partial charge in [0.15, 0.2) is 0 Å².